The van der Waals surface area contributed by atoms with E-state index in [1.807, 2.05) is 31.2 Å². The first kappa shape index (κ1) is 12.7. The average Bonchev–Trinajstić information content (AvgIpc) is 2.29. The van der Waals surface area contributed by atoms with Gasteiger partial charge in [-0.3, -0.25) is 4.79 Å². The number of nitrogens with one attached hydrogen (secondary N) is 2. The molecular weight excluding hydrogens is 204 g/mol. The monoisotopic (exact) mass is 222 g/mol. The molecule has 1 amide bonds. The molecular formula is C12H18N2O2. The third kappa shape index (κ3) is 4.00. The van der Waals surface area contributed by atoms with Crippen LogP contribution in [-0.4, -0.2) is 26.1 Å². The standard InChI is InChI=1S/C12H18N2O2/c1-3-13-8-12(15)14-11-7-5-4-6-10(11)9-16-2/h4-7,13H,3,8-9H2,1-2H3,(H,14,15). The second-order valence-corrected chi connectivity index (χ2v) is 3.42. The molecule has 0 radical (unpaired) electrons. The van der Waals surface area contributed by atoms with E-state index in [2.05, 4.69) is 10.6 Å². The molecule has 0 aliphatic heterocycles. The highest BCUT2D eigenvalue weighted by Crippen LogP contribution is 2.15. The summed E-state index contributed by atoms with van der Waals surface area (Å²) in [5.41, 5.74) is 1.79. The average molecular weight is 222 g/mol. The van der Waals surface area contributed by atoms with E-state index in [4.69, 9.17) is 4.74 Å². The van der Waals surface area contributed by atoms with Crippen molar-refractivity contribution in [3.63, 3.8) is 0 Å². The van der Waals surface area contributed by atoms with Crippen molar-refractivity contribution in [2.24, 2.45) is 0 Å². The number of anilines is 1. The van der Waals surface area contributed by atoms with Gasteiger partial charge in [-0.15, -0.1) is 0 Å². The predicted molar refractivity (Wildman–Crippen MR) is 64.3 cm³/mol. The maximum absolute atomic E-state index is 11.5. The zero-order valence-electron chi connectivity index (χ0n) is 9.75. The van der Waals surface area contributed by atoms with Crippen LogP contribution >= 0.6 is 0 Å². The number of ether oxygens (including phenoxy) is 1. The summed E-state index contributed by atoms with van der Waals surface area (Å²) in [5.74, 6) is -0.0367. The summed E-state index contributed by atoms with van der Waals surface area (Å²) in [4.78, 5) is 11.5. The highest BCUT2D eigenvalue weighted by atomic mass is 16.5. The molecule has 0 unspecified atom stereocenters. The molecule has 0 fully saturated rings. The number of benzene rings is 1. The van der Waals surface area contributed by atoms with Crippen molar-refractivity contribution in [2.75, 3.05) is 25.5 Å². The van der Waals surface area contributed by atoms with Crippen LogP contribution in [0.3, 0.4) is 0 Å². The Morgan fingerprint density at radius 1 is 1.38 bits per heavy atom. The lowest BCUT2D eigenvalue weighted by Crippen LogP contribution is -2.28. The van der Waals surface area contributed by atoms with E-state index in [1.54, 1.807) is 7.11 Å². The fourth-order valence-corrected chi connectivity index (χ4v) is 1.36. The Morgan fingerprint density at radius 3 is 2.81 bits per heavy atom. The first-order valence-electron chi connectivity index (χ1n) is 5.35. The van der Waals surface area contributed by atoms with E-state index < -0.39 is 0 Å². The van der Waals surface area contributed by atoms with Gasteiger partial charge in [0, 0.05) is 18.4 Å². The van der Waals surface area contributed by atoms with Gasteiger partial charge in [-0.25, -0.2) is 0 Å². The van der Waals surface area contributed by atoms with Crippen LogP contribution in [0.15, 0.2) is 24.3 Å². The number of amides is 1. The van der Waals surface area contributed by atoms with Crippen LogP contribution in [0, 0.1) is 0 Å². The number of rotatable bonds is 6. The van der Waals surface area contributed by atoms with Gasteiger partial charge in [-0.1, -0.05) is 25.1 Å². The Hall–Kier alpha value is -1.39. The second kappa shape index (κ2) is 6.98. The largest absolute Gasteiger partial charge is 0.380 e. The van der Waals surface area contributed by atoms with Crippen LogP contribution in [0.4, 0.5) is 5.69 Å². The molecule has 0 aliphatic carbocycles. The minimum Gasteiger partial charge on any atom is -0.380 e. The van der Waals surface area contributed by atoms with Gasteiger partial charge in [0.1, 0.15) is 0 Å². The second-order valence-electron chi connectivity index (χ2n) is 3.42. The van der Waals surface area contributed by atoms with E-state index in [-0.39, 0.29) is 5.91 Å². The Morgan fingerprint density at radius 2 is 2.12 bits per heavy atom. The predicted octanol–water partition coefficient (Wildman–Crippen LogP) is 1.38. The Balaban J connectivity index is 2.61. The summed E-state index contributed by atoms with van der Waals surface area (Å²) in [6.07, 6.45) is 0. The quantitative estimate of drug-likeness (QED) is 0.764. The molecule has 2 N–H and O–H groups in total. The number of para-hydroxylation sites is 1. The fourth-order valence-electron chi connectivity index (χ4n) is 1.36. The summed E-state index contributed by atoms with van der Waals surface area (Å²) < 4.78 is 5.06. The van der Waals surface area contributed by atoms with E-state index in [9.17, 15) is 4.79 Å². The lowest BCUT2D eigenvalue weighted by atomic mass is 10.2. The van der Waals surface area contributed by atoms with Gasteiger partial charge in [-0.2, -0.15) is 0 Å². The molecule has 16 heavy (non-hydrogen) atoms. The smallest absolute Gasteiger partial charge is 0.238 e. The molecule has 0 bridgehead atoms. The summed E-state index contributed by atoms with van der Waals surface area (Å²) in [5, 5.41) is 5.83. The number of carbonyl (C=O) groups excluding carboxylic acids is 1. The van der Waals surface area contributed by atoms with Gasteiger partial charge in [0.25, 0.3) is 0 Å². The van der Waals surface area contributed by atoms with Crippen molar-refractivity contribution in [3.8, 4) is 0 Å². The summed E-state index contributed by atoms with van der Waals surface area (Å²) in [6.45, 7) is 3.58. The van der Waals surface area contributed by atoms with Gasteiger partial charge in [0.15, 0.2) is 0 Å². The lowest BCUT2D eigenvalue weighted by Gasteiger charge is -2.10. The van der Waals surface area contributed by atoms with Crippen molar-refractivity contribution in [2.45, 2.75) is 13.5 Å². The third-order valence-corrected chi connectivity index (χ3v) is 2.13. The van der Waals surface area contributed by atoms with Gasteiger partial charge in [0.05, 0.1) is 13.2 Å². The van der Waals surface area contributed by atoms with Crippen LogP contribution in [0.25, 0.3) is 0 Å². The fraction of sp³-hybridized carbons (Fsp3) is 0.417. The number of hydrogen-bond donors (Lipinski definition) is 2. The van der Waals surface area contributed by atoms with E-state index in [0.717, 1.165) is 17.8 Å². The third-order valence-electron chi connectivity index (χ3n) is 2.13. The molecule has 0 heterocycles. The molecule has 0 saturated heterocycles. The van der Waals surface area contributed by atoms with Gasteiger partial charge >= 0.3 is 0 Å². The normalized spacial score (nSPS) is 10.1. The maximum Gasteiger partial charge on any atom is 0.238 e. The highest BCUT2D eigenvalue weighted by molar-refractivity contribution is 5.92. The van der Waals surface area contributed by atoms with E-state index in [0.29, 0.717) is 13.2 Å². The topological polar surface area (TPSA) is 50.4 Å². The molecule has 88 valence electrons. The van der Waals surface area contributed by atoms with Crippen LogP contribution in [0.5, 0.6) is 0 Å². The van der Waals surface area contributed by atoms with Gasteiger partial charge in [0.2, 0.25) is 5.91 Å². The molecule has 4 heteroatoms. The Kier molecular flexibility index (Phi) is 5.53. The molecule has 0 atom stereocenters. The molecule has 4 nitrogen and oxygen atoms in total. The highest BCUT2D eigenvalue weighted by Gasteiger charge is 2.05. The van der Waals surface area contributed by atoms with Crippen molar-refractivity contribution < 1.29 is 9.53 Å². The number of methoxy groups -OCH3 is 1. The maximum atomic E-state index is 11.5. The molecule has 1 aromatic rings. The van der Waals surface area contributed by atoms with Gasteiger partial charge < -0.3 is 15.4 Å². The molecule has 0 aliphatic rings. The number of likely N-dealkylation sites (N-methyl/N-ethyl adjacent to an activating group) is 1. The molecule has 0 saturated carbocycles. The Bertz CT molecular complexity index is 340. The zero-order valence-corrected chi connectivity index (χ0v) is 9.75. The van der Waals surface area contributed by atoms with Crippen LogP contribution in [0.2, 0.25) is 0 Å². The van der Waals surface area contributed by atoms with Crippen LogP contribution in [-0.2, 0) is 16.1 Å². The lowest BCUT2D eigenvalue weighted by molar-refractivity contribution is -0.115. The molecule has 0 aromatic heterocycles. The number of carbonyl (C=O) groups is 1. The van der Waals surface area contributed by atoms with Crippen LogP contribution in [0.1, 0.15) is 12.5 Å². The number of hydrogen-bond acceptors (Lipinski definition) is 3. The van der Waals surface area contributed by atoms with Crippen LogP contribution < -0.4 is 10.6 Å². The minimum atomic E-state index is -0.0367. The van der Waals surface area contributed by atoms with E-state index in [1.165, 1.54) is 0 Å². The molecule has 0 spiro atoms. The SMILES string of the molecule is CCNCC(=O)Nc1ccccc1COC. The zero-order chi connectivity index (χ0) is 11.8. The van der Waals surface area contributed by atoms with Gasteiger partial charge in [-0.05, 0) is 12.6 Å². The van der Waals surface area contributed by atoms with Crippen molar-refractivity contribution >= 4 is 11.6 Å². The molecule has 1 aromatic carbocycles. The molecule has 1 rings (SSSR count). The van der Waals surface area contributed by atoms with Crippen molar-refractivity contribution in [1.82, 2.24) is 5.32 Å². The summed E-state index contributed by atoms with van der Waals surface area (Å²) in [7, 11) is 1.64. The summed E-state index contributed by atoms with van der Waals surface area (Å²) >= 11 is 0. The first-order valence-corrected chi connectivity index (χ1v) is 5.35. The van der Waals surface area contributed by atoms with Crippen molar-refractivity contribution in [3.05, 3.63) is 29.8 Å². The first-order chi connectivity index (χ1) is 7.77. The van der Waals surface area contributed by atoms with E-state index >= 15 is 0 Å². The summed E-state index contributed by atoms with van der Waals surface area (Å²) in [6, 6.07) is 7.63. The van der Waals surface area contributed by atoms with Crippen molar-refractivity contribution in [1.29, 1.82) is 0 Å². The Labute approximate surface area is 96.0 Å². The minimum absolute atomic E-state index is 0.0367.